The average molecular weight is 264 g/mol. The van der Waals surface area contributed by atoms with Gasteiger partial charge in [0.2, 0.25) is 0 Å². The Morgan fingerprint density at radius 1 is 1.44 bits per heavy atom. The molecule has 1 atom stereocenters. The van der Waals surface area contributed by atoms with Crippen molar-refractivity contribution in [2.24, 2.45) is 0 Å². The Kier molecular flexibility index (Phi) is 3.92. The van der Waals surface area contributed by atoms with Crippen molar-refractivity contribution >= 4 is 17.3 Å². The molecule has 1 aromatic heterocycles. The van der Waals surface area contributed by atoms with E-state index in [1.165, 1.54) is 5.56 Å². The van der Waals surface area contributed by atoms with Gasteiger partial charge in [-0.2, -0.15) is 5.10 Å². The minimum Gasteiger partial charge on any atom is -0.378 e. The summed E-state index contributed by atoms with van der Waals surface area (Å²) in [5, 5.41) is 8.54. The molecule has 0 saturated heterocycles. The molecule has 0 amide bonds. The Hall–Kier alpha value is -1.48. The average Bonchev–Trinajstić information content (AvgIpc) is 2.83. The SMILES string of the molecule is CCn1cc(C(C)Nc2cccc(Cl)c2C)cn1. The van der Waals surface area contributed by atoms with Crippen molar-refractivity contribution in [1.82, 2.24) is 9.78 Å². The standard InChI is InChI=1S/C14H18ClN3/c1-4-18-9-12(8-16-18)11(3)17-14-7-5-6-13(15)10(14)2/h5-9,11,17H,4H2,1-3H3. The maximum atomic E-state index is 6.11. The van der Waals surface area contributed by atoms with Crippen LogP contribution in [0.25, 0.3) is 0 Å². The van der Waals surface area contributed by atoms with Crippen molar-refractivity contribution < 1.29 is 0 Å². The lowest BCUT2D eigenvalue weighted by Gasteiger charge is -2.16. The molecule has 0 spiro atoms. The fourth-order valence-electron chi connectivity index (χ4n) is 1.86. The van der Waals surface area contributed by atoms with Crippen LogP contribution in [0.1, 0.15) is 31.0 Å². The lowest BCUT2D eigenvalue weighted by molar-refractivity contribution is 0.658. The molecule has 0 radical (unpaired) electrons. The monoisotopic (exact) mass is 263 g/mol. The highest BCUT2D eigenvalue weighted by molar-refractivity contribution is 6.31. The second-order valence-corrected chi connectivity index (χ2v) is 4.81. The predicted octanol–water partition coefficient (Wildman–Crippen LogP) is 4.04. The van der Waals surface area contributed by atoms with Gasteiger partial charge in [-0.3, -0.25) is 4.68 Å². The molecular weight excluding hydrogens is 246 g/mol. The molecule has 1 unspecified atom stereocenters. The molecule has 18 heavy (non-hydrogen) atoms. The fourth-order valence-corrected chi connectivity index (χ4v) is 2.03. The number of rotatable bonds is 4. The molecule has 0 bridgehead atoms. The molecule has 0 aliphatic carbocycles. The van der Waals surface area contributed by atoms with Crippen LogP contribution in [-0.2, 0) is 6.54 Å². The molecule has 3 nitrogen and oxygen atoms in total. The maximum Gasteiger partial charge on any atom is 0.0542 e. The Morgan fingerprint density at radius 3 is 2.89 bits per heavy atom. The van der Waals surface area contributed by atoms with Crippen LogP contribution in [-0.4, -0.2) is 9.78 Å². The summed E-state index contributed by atoms with van der Waals surface area (Å²) in [7, 11) is 0. The Morgan fingerprint density at radius 2 is 2.22 bits per heavy atom. The van der Waals surface area contributed by atoms with Gasteiger partial charge in [-0.15, -0.1) is 0 Å². The maximum absolute atomic E-state index is 6.11. The number of aromatic nitrogens is 2. The molecule has 0 aliphatic rings. The molecule has 1 heterocycles. The Labute approximate surface area is 113 Å². The summed E-state index contributed by atoms with van der Waals surface area (Å²) >= 11 is 6.11. The van der Waals surface area contributed by atoms with E-state index in [-0.39, 0.29) is 6.04 Å². The second kappa shape index (κ2) is 5.44. The van der Waals surface area contributed by atoms with E-state index < -0.39 is 0 Å². The van der Waals surface area contributed by atoms with Crippen LogP contribution in [0.4, 0.5) is 5.69 Å². The highest BCUT2D eigenvalue weighted by Gasteiger charge is 2.10. The molecule has 4 heteroatoms. The van der Waals surface area contributed by atoms with Gasteiger partial charge in [0.05, 0.1) is 12.2 Å². The van der Waals surface area contributed by atoms with E-state index in [0.717, 1.165) is 22.8 Å². The minimum absolute atomic E-state index is 0.211. The Bertz CT molecular complexity index is 534. The summed E-state index contributed by atoms with van der Waals surface area (Å²) in [5.74, 6) is 0. The topological polar surface area (TPSA) is 29.9 Å². The molecule has 96 valence electrons. The first-order valence-electron chi connectivity index (χ1n) is 6.15. The van der Waals surface area contributed by atoms with Crippen molar-refractivity contribution in [2.75, 3.05) is 5.32 Å². The lowest BCUT2D eigenvalue weighted by Crippen LogP contribution is -2.07. The number of halogens is 1. The number of nitrogens with zero attached hydrogens (tertiary/aromatic N) is 2. The van der Waals surface area contributed by atoms with Gasteiger partial charge in [0, 0.05) is 29.0 Å². The normalized spacial score (nSPS) is 12.4. The van der Waals surface area contributed by atoms with Crippen LogP contribution in [0.15, 0.2) is 30.6 Å². The third-order valence-corrected chi connectivity index (χ3v) is 3.53. The van der Waals surface area contributed by atoms with Gasteiger partial charge < -0.3 is 5.32 Å². The largest absolute Gasteiger partial charge is 0.378 e. The molecule has 0 saturated carbocycles. The molecule has 2 rings (SSSR count). The quantitative estimate of drug-likeness (QED) is 0.902. The highest BCUT2D eigenvalue weighted by Crippen LogP contribution is 2.26. The second-order valence-electron chi connectivity index (χ2n) is 4.41. The Balaban J connectivity index is 2.15. The van der Waals surface area contributed by atoms with Gasteiger partial charge in [-0.05, 0) is 38.5 Å². The van der Waals surface area contributed by atoms with Crippen LogP contribution >= 0.6 is 11.6 Å². The van der Waals surface area contributed by atoms with Crippen LogP contribution in [0.5, 0.6) is 0 Å². The summed E-state index contributed by atoms with van der Waals surface area (Å²) in [6.45, 7) is 7.11. The lowest BCUT2D eigenvalue weighted by atomic mass is 10.1. The minimum atomic E-state index is 0.211. The van der Waals surface area contributed by atoms with Crippen LogP contribution in [0.3, 0.4) is 0 Å². The van der Waals surface area contributed by atoms with Gasteiger partial charge >= 0.3 is 0 Å². The van der Waals surface area contributed by atoms with Crippen LogP contribution in [0, 0.1) is 6.92 Å². The third kappa shape index (κ3) is 2.67. The van der Waals surface area contributed by atoms with Crippen molar-refractivity contribution in [1.29, 1.82) is 0 Å². The number of hydrogen-bond donors (Lipinski definition) is 1. The van der Waals surface area contributed by atoms with Gasteiger partial charge in [0.15, 0.2) is 0 Å². The third-order valence-electron chi connectivity index (χ3n) is 3.12. The highest BCUT2D eigenvalue weighted by atomic mass is 35.5. The molecule has 0 aliphatic heterocycles. The molecular formula is C14H18ClN3. The van der Waals surface area contributed by atoms with Crippen LogP contribution in [0.2, 0.25) is 5.02 Å². The molecule has 0 fully saturated rings. The number of aryl methyl sites for hydroxylation is 1. The summed E-state index contributed by atoms with van der Waals surface area (Å²) in [6.07, 6.45) is 3.97. The first-order chi connectivity index (χ1) is 8.61. The molecule has 1 N–H and O–H groups in total. The van der Waals surface area contributed by atoms with Crippen molar-refractivity contribution in [3.8, 4) is 0 Å². The van der Waals surface area contributed by atoms with E-state index in [2.05, 4.69) is 30.5 Å². The predicted molar refractivity (Wildman–Crippen MR) is 76.1 cm³/mol. The zero-order valence-electron chi connectivity index (χ0n) is 10.9. The number of nitrogens with one attached hydrogen (secondary N) is 1. The summed E-state index contributed by atoms with van der Waals surface area (Å²) in [4.78, 5) is 0. The zero-order chi connectivity index (χ0) is 13.1. The fraction of sp³-hybridized carbons (Fsp3) is 0.357. The smallest absolute Gasteiger partial charge is 0.0542 e. The van der Waals surface area contributed by atoms with Gasteiger partial charge in [-0.1, -0.05) is 17.7 Å². The van der Waals surface area contributed by atoms with E-state index in [1.807, 2.05) is 36.0 Å². The summed E-state index contributed by atoms with van der Waals surface area (Å²) in [5.41, 5.74) is 3.32. The van der Waals surface area contributed by atoms with E-state index in [9.17, 15) is 0 Å². The first kappa shape index (κ1) is 13.0. The van der Waals surface area contributed by atoms with E-state index in [0.29, 0.717) is 0 Å². The summed E-state index contributed by atoms with van der Waals surface area (Å²) < 4.78 is 1.93. The molecule has 1 aromatic carbocycles. The van der Waals surface area contributed by atoms with E-state index in [1.54, 1.807) is 0 Å². The first-order valence-corrected chi connectivity index (χ1v) is 6.53. The molecule has 2 aromatic rings. The zero-order valence-corrected chi connectivity index (χ0v) is 11.7. The van der Waals surface area contributed by atoms with Crippen molar-refractivity contribution in [2.45, 2.75) is 33.4 Å². The van der Waals surface area contributed by atoms with Crippen molar-refractivity contribution in [3.63, 3.8) is 0 Å². The van der Waals surface area contributed by atoms with E-state index in [4.69, 9.17) is 11.6 Å². The van der Waals surface area contributed by atoms with E-state index >= 15 is 0 Å². The van der Waals surface area contributed by atoms with Crippen molar-refractivity contribution in [3.05, 3.63) is 46.7 Å². The number of benzene rings is 1. The number of anilines is 1. The van der Waals surface area contributed by atoms with Crippen LogP contribution < -0.4 is 5.32 Å². The van der Waals surface area contributed by atoms with Gasteiger partial charge in [-0.25, -0.2) is 0 Å². The number of hydrogen-bond acceptors (Lipinski definition) is 2. The summed E-state index contributed by atoms with van der Waals surface area (Å²) in [6, 6.07) is 6.12. The van der Waals surface area contributed by atoms with Gasteiger partial charge in [0.25, 0.3) is 0 Å². The van der Waals surface area contributed by atoms with Gasteiger partial charge in [0.1, 0.15) is 0 Å².